The van der Waals surface area contributed by atoms with Gasteiger partial charge in [0.05, 0.1) is 0 Å². The average molecular weight is 246 g/mol. The minimum Gasteiger partial charge on any atom is -0.146 e. The van der Waals surface area contributed by atoms with Crippen LogP contribution in [0, 0.1) is 0 Å². The van der Waals surface area contributed by atoms with Gasteiger partial charge in [-0.1, -0.05) is 51.1 Å². The molecule has 0 heterocycles. The van der Waals surface area contributed by atoms with Crippen LogP contribution in [-0.2, 0) is 0 Å². The molecule has 1 rings (SSSR count). The highest BCUT2D eigenvalue weighted by atomic mass is 35.7. The fourth-order valence-corrected chi connectivity index (χ4v) is 2.80. The molecule has 0 fully saturated rings. The second-order valence-corrected chi connectivity index (χ2v) is 8.77. The second kappa shape index (κ2) is 4.69. The molecule has 14 heavy (non-hydrogen) atoms. The Hall–Kier alpha value is 0.0169. The van der Waals surface area contributed by atoms with E-state index in [9.17, 15) is 0 Å². The van der Waals surface area contributed by atoms with Crippen LogP contribution < -0.4 is 0 Å². The molecule has 0 saturated carbocycles. The number of halogens is 2. The maximum absolute atomic E-state index is 6.08. The van der Waals surface area contributed by atoms with Gasteiger partial charge >= 0.3 is 0 Å². The van der Waals surface area contributed by atoms with Crippen molar-refractivity contribution in [2.24, 2.45) is 0 Å². The average Bonchev–Trinajstić information content (AvgIpc) is 2.17. The third-order valence-corrected chi connectivity index (χ3v) is 7.20. The molecule has 0 N–H and O–H groups in total. The number of hydrogen-bond donors (Lipinski definition) is 0. The highest BCUT2D eigenvalue weighted by Crippen LogP contribution is 2.46. The number of rotatable bonds is 3. The maximum Gasteiger partial charge on any atom is 0.280 e. The van der Waals surface area contributed by atoms with Crippen molar-refractivity contribution in [2.45, 2.75) is 31.7 Å². The Labute approximate surface area is 97.3 Å². The van der Waals surface area contributed by atoms with Gasteiger partial charge in [-0.05, 0) is 16.5 Å². The zero-order valence-corrected chi connectivity index (χ0v) is 11.2. The molecule has 0 aliphatic heterocycles. The van der Waals surface area contributed by atoms with Crippen molar-refractivity contribution in [3.05, 3.63) is 35.9 Å². The standard InChI is InChI=1S/C11H15Cl2Si/c1-9(11(2,3)14(12)13)10-7-5-4-6-8-10/h4-9H,1-3H3. The van der Waals surface area contributed by atoms with E-state index in [0.29, 0.717) is 5.92 Å². The highest BCUT2D eigenvalue weighted by molar-refractivity contribution is 7.35. The summed E-state index contributed by atoms with van der Waals surface area (Å²) in [5.74, 6) is 0.396. The first kappa shape index (κ1) is 12.1. The van der Waals surface area contributed by atoms with Crippen molar-refractivity contribution in [1.29, 1.82) is 0 Å². The van der Waals surface area contributed by atoms with Gasteiger partial charge in [0.25, 0.3) is 7.42 Å². The molecule has 0 bridgehead atoms. The van der Waals surface area contributed by atoms with E-state index >= 15 is 0 Å². The SMILES string of the molecule is CC(c1ccccc1)C(C)(C)[Si](Cl)Cl. The molecular weight excluding hydrogens is 231 g/mol. The van der Waals surface area contributed by atoms with Crippen LogP contribution in [-0.4, -0.2) is 7.42 Å². The number of hydrogen-bond acceptors (Lipinski definition) is 0. The van der Waals surface area contributed by atoms with Gasteiger partial charge in [-0.3, -0.25) is 0 Å². The van der Waals surface area contributed by atoms with Crippen LogP contribution in [0.5, 0.6) is 0 Å². The summed E-state index contributed by atoms with van der Waals surface area (Å²) in [7, 11) is -1.31. The largest absolute Gasteiger partial charge is 0.280 e. The van der Waals surface area contributed by atoms with Crippen molar-refractivity contribution in [1.82, 2.24) is 0 Å². The Morgan fingerprint density at radius 1 is 1.14 bits per heavy atom. The Bertz CT molecular complexity index is 283. The summed E-state index contributed by atoms with van der Waals surface area (Å²) in [5, 5.41) is -0.00483. The van der Waals surface area contributed by atoms with Crippen molar-refractivity contribution >= 4 is 29.6 Å². The van der Waals surface area contributed by atoms with Crippen LogP contribution in [0.1, 0.15) is 32.3 Å². The zero-order chi connectivity index (χ0) is 10.8. The maximum atomic E-state index is 6.08. The lowest BCUT2D eigenvalue weighted by Crippen LogP contribution is -2.23. The molecule has 0 nitrogen and oxygen atoms in total. The zero-order valence-electron chi connectivity index (χ0n) is 8.72. The van der Waals surface area contributed by atoms with Gasteiger partial charge < -0.3 is 0 Å². The number of benzene rings is 1. The van der Waals surface area contributed by atoms with E-state index < -0.39 is 7.42 Å². The van der Waals surface area contributed by atoms with Crippen molar-refractivity contribution in [3.8, 4) is 0 Å². The molecule has 0 spiro atoms. The predicted octanol–water partition coefficient (Wildman–Crippen LogP) is 4.54. The molecule has 0 amide bonds. The summed E-state index contributed by atoms with van der Waals surface area (Å²) in [4.78, 5) is 0. The van der Waals surface area contributed by atoms with Gasteiger partial charge in [0.15, 0.2) is 0 Å². The molecular formula is C11H15Cl2Si. The van der Waals surface area contributed by atoms with Crippen molar-refractivity contribution < 1.29 is 0 Å². The highest BCUT2D eigenvalue weighted by Gasteiger charge is 2.35. The van der Waals surface area contributed by atoms with E-state index in [-0.39, 0.29) is 5.04 Å². The monoisotopic (exact) mass is 245 g/mol. The molecule has 1 aromatic carbocycles. The molecule has 1 unspecified atom stereocenters. The fourth-order valence-electron chi connectivity index (χ4n) is 1.32. The van der Waals surface area contributed by atoms with Crippen molar-refractivity contribution in [3.63, 3.8) is 0 Å². The Kier molecular flexibility index (Phi) is 4.05. The quantitative estimate of drug-likeness (QED) is 0.542. The first-order valence-electron chi connectivity index (χ1n) is 4.69. The molecule has 77 valence electrons. The smallest absolute Gasteiger partial charge is 0.146 e. The third kappa shape index (κ3) is 2.53. The van der Waals surface area contributed by atoms with Crippen molar-refractivity contribution in [2.75, 3.05) is 0 Å². The van der Waals surface area contributed by atoms with Crippen LogP contribution in [0.3, 0.4) is 0 Å². The summed E-state index contributed by atoms with van der Waals surface area (Å²) in [6.45, 7) is 6.46. The Morgan fingerprint density at radius 3 is 2.07 bits per heavy atom. The lowest BCUT2D eigenvalue weighted by atomic mass is 9.89. The first-order chi connectivity index (χ1) is 6.46. The fraction of sp³-hybridized carbons (Fsp3) is 0.455. The molecule has 3 heteroatoms. The lowest BCUT2D eigenvalue weighted by molar-refractivity contribution is 0.555. The van der Waals surface area contributed by atoms with Crippen LogP contribution in [0.2, 0.25) is 5.04 Å². The molecule has 0 aliphatic carbocycles. The second-order valence-electron chi connectivity index (χ2n) is 4.11. The van der Waals surface area contributed by atoms with Crippen LogP contribution >= 0.6 is 22.2 Å². The predicted molar refractivity (Wildman–Crippen MR) is 66.4 cm³/mol. The van der Waals surface area contributed by atoms with Crippen LogP contribution in [0.4, 0.5) is 0 Å². The Balaban J connectivity index is 2.90. The summed E-state index contributed by atoms with van der Waals surface area (Å²) < 4.78 is 0. The van der Waals surface area contributed by atoms with E-state index in [1.54, 1.807) is 0 Å². The minimum absolute atomic E-state index is 0.00483. The molecule has 1 aromatic rings. The van der Waals surface area contributed by atoms with E-state index in [2.05, 4.69) is 45.0 Å². The van der Waals surface area contributed by atoms with Gasteiger partial charge in [0.2, 0.25) is 0 Å². The molecule has 1 radical (unpaired) electrons. The van der Waals surface area contributed by atoms with Gasteiger partial charge in [-0.15, -0.1) is 22.2 Å². The molecule has 1 atom stereocenters. The molecule has 0 aromatic heterocycles. The summed E-state index contributed by atoms with van der Waals surface area (Å²) in [5.41, 5.74) is 1.31. The van der Waals surface area contributed by atoms with Crippen LogP contribution in [0.25, 0.3) is 0 Å². The minimum atomic E-state index is -1.31. The third-order valence-electron chi connectivity index (χ3n) is 2.87. The van der Waals surface area contributed by atoms with E-state index in [1.165, 1.54) is 5.56 Å². The molecule has 0 aliphatic rings. The summed E-state index contributed by atoms with van der Waals surface area (Å²) in [6, 6.07) is 10.4. The van der Waals surface area contributed by atoms with Gasteiger partial charge in [0, 0.05) is 0 Å². The van der Waals surface area contributed by atoms with Gasteiger partial charge in [-0.2, -0.15) is 0 Å². The first-order valence-corrected chi connectivity index (χ1v) is 8.22. The summed E-state index contributed by atoms with van der Waals surface area (Å²) >= 11 is 12.2. The van der Waals surface area contributed by atoms with Gasteiger partial charge in [-0.25, -0.2) is 0 Å². The van der Waals surface area contributed by atoms with E-state index in [1.807, 2.05) is 6.07 Å². The van der Waals surface area contributed by atoms with E-state index in [0.717, 1.165) is 0 Å². The topological polar surface area (TPSA) is 0 Å². The molecule has 0 saturated heterocycles. The van der Waals surface area contributed by atoms with Crippen LogP contribution in [0.15, 0.2) is 30.3 Å². The van der Waals surface area contributed by atoms with Gasteiger partial charge in [0.1, 0.15) is 0 Å². The normalized spacial score (nSPS) is 14.4. The summed E-state index contributed by atoms with van der Waals surface area (Å²) in [6.07, 6.45) is 0. The van der Waals surface area contributed by atoms with E-state index in [4.69, 9.17) is 22.2 Å². The Morgan fingerprint density at radius 2 is 1.64 bits per heavy atom. The lowest BCUT2D eigenvalue weighted by Gasteiger charge is -2.31.